The van der Waals surface area contributed by atoms with Gasteiger partial charge in [-0.15, -0.1) is 0 Å². The maximum atomic E-state index is 13.8. The van der Waals surface area contributed by atoms with E-state index < -0.39 is 0 Å². The van der Waals surface area contributed by atoms with Gasteiger partial charge in [0.15, 0.2) is 0 Å². The van der Waals surface area contributed by atoms with Gasteiger partial charge in [0, 0.05) is 32.3 Å². The van der Waals surface area contributed by atoms with Crippen LogP contribution in [-0.4, -0.2) is 37.0 Å². The molecule has 0 aliphatic carbocycles. The molecular formula is C19H19FN2O. The van der Waals surface area contributed by atoms with Crippen molar-refractivity contribution in [2.24, 2.45) is 0 Å². The third-order valence-corrected chi connectivity index (χ3v) is 4.00. The van der Waals surface area contributed by atoms with Crippen LogP contribution in [0.15, 0.2) is 60.7 Å². The number of carbonyl (C=O) groups is 1. The van der Waals surface area contributed by atoms with E-state index in [2.05, 4.69) is 0 Å². The molecule has 0 spiro atoms. The van der Waals surface area contributed by atoms with E-state index in [0.29, 0.717) is 31.9 Å². The number of carbonyl (C=O) groups excluding carboxylic acids is 1. The summed E-state index contributed by atoms with van der Waals surface area (Å²) in [6.45, 7) is 2.50. The van der Waals surface area contributed by atoms with Crippen molar-refractivity contribution in [2.75, 3.05) is 31.1 Å². The fourth-order valence-corrected chi connectivity index (χ4v) is 2.71. The maximum absolute atomic E-state index is 13.8. The topological polar surface area (TPSA) is 23.6 Å². The molecule has 1 aliphatic heterocycles. The Balaban J connectivity index is 1.57. The van der Waals surface area contributed by atoms with Gasteiger partial charge in [0.05, 0.1) is 5.69 Å². The highest BCUT2D eigenvalue weighted by atomic mass is 19.1. The lowest BCUT2D eigenvalue weighted by molar-refractivity contribution is -0.126. The summed E-state index contributed by atoms with van der Waals surface area (Å²) in [5, 5.41) is 0. The Morgan fingerprint density at radius 2 is 1.57 bits per heavy atom. The number of amides is 1. The second-order valence-corrected chi connectivity index (χ2v) is 5.51. The smallest absolute Gasteiger partial charge is 0.246 e. The molecule has 1 fully saturated rings. The minimum absolute atomic E-state index is 0.00189. The SMILES string of the molecule is O=C(/C=C/c1ccccc1)N1CCN(c2ccccc2F)CC1. The molecule has 0 bridgehead atoms. The summed E-state index contributed by atoms with van der Waals surface area (Å²) in [6, 6.07) is 16.5. The summed E-state index contributed by atoms with van der Waals surface area (Å²) in [5.74, 6) is -0.210. The van der Waals surface area contributed by atoms with Gasteiger partial charge < -0.3 is 9.80 Å². The summed E-state index contributed by atoms with van der Waals surface area (Å²) in [5.41, 5.74) is 1.62. The average molecular weight is 310 g/mol. The monoisotopic (exact) mass is 310 g/mol. The number of anilines is 1. The minimum Gasteiger partial charge on any atom is -0.366 e. The fourth-order valence-electron chi connectivity index (χ4n) is 2.71. The molecule has 2 aromatic carbocycles. The molecule has 2 aromatic rings. The Hall–Kier alpha value is -2.62. The molecule has 3 nitrogen and oxygen atoms in total. The van der Waals surface area contributed by atoms with Gasteiger partial charge >= 0.3 is 0 Å². The number of hydrogen-bond acceptors (Lipinski definition) is 2. The van der Waals surface area contributed by atoms with Crippen LogP contribution < -0.4 is 4.90 Å². The third-order valence-electron chi connectivity index (χ3n) is 4.00. The number of hydrogen-bond donors (Lipinski definition) is 0. The summed E-state index contributed by atoms with van der Waals surface area (Å²) in [4.78, 5) is 16.0. The quantitative estimate of drug-likeness (QED) is 0.813. The van der Waals surface area contributed by atoms with Crippen LogP contribution in [0.4, 0.5) is 10.1 Å². The molecule has 0 atom stereocenters. The standard InChI is InChI=1S/C19H19FN2O/c20-17-8-4-5-9-18(17)21-12-14-22(15-13-21)19(23)11-10-16-6-2-1-3-7-16/h1-11H,12-15H2/b11-10+. The first kappa shape index (κ1) is 15.3. The highest BCUT2D eigenvalue weighted by Gasteiger charge is 2.21. The minimum atomic E-state index is -0.212. The number of para-hydroxylation sites is 1. The Kier molecular flexibility index (Phi) is 4.71. The zero-order chi connectivity index (χ0) is 16.1. The zero-order valence-electron chi connectivity index (χ0n) is 12.9. The molecule has 1 saturated heterocycles. The highest BCUT2D eigenvalue weighted by molar-refractivity contribution is 5.91. The average Bonchev–Trinajstić information content (AvgIpc) is 2.61. The van der Waals surface area contributed by atoms with Gasteiger partial charge in [-0.3, -0.25) is 4.79 Å². The lowest BCUT2D eigenvalue weighted by Crippen LogP contribution is -2.48. The van der Waals surface area contributed by atoms with Crippen molar-refractivity contribution in [3.8, 4) is 0 Å². The first-order valence-electron chi connectivity index (χ1n) is 7.75. The van der Waals surface area contributed by atoms with Crippen molar-refractivity contribution in [1.29, 1.82) is 0 Å². The van der Waals surface area contributed by atoms with Gasteiger partial charge in [-0.2, -0.15) is 0 Å². The van der Waals surface area contributed by atoms with Crippen molar-refractivity contribution >= 4 is 17.7 Å². The number of halogens is 1. The molecule has 1 aliphatic rings. The second-order valence-electron chi connectivity index (χ2n) is 5.51. The molecule has 0 N–H and O–H groups in total. The van der Waals surface area contributed by atoms with E-state index in [9.17, 15) is 9.18 Å². The van der Waals surface area contributed by atoms with Crippen LogP contribution in [0.25, 0.3) is 6.08 Å². The Labute approximate surface area is 135 Å². The molecule has 4 heteroatoms. The Bertz CT molecular complexity index is 692. The van der Waals surface area contributed by atoms with E-state index in [1.165, 1.54) is 6.07 Å². The van der Waals surface area contributed by atoms with Crippen molar-refractivity contribution in [1.82, 2.24) is 4.90 Å². The van der Waals surface area contributed by atoms with Crippen LogP contribution in [-0.2, 0) is 4.79 Å². The van der Waals surface area contributed by atoms with E-state index in [-0.39, 0.29) is 11.7 Å². The van der Waals surface area contributed by atoms with Crippen LogP contribution in [0.1, 0.15) is 5.56 Å². The summed E-state index contributed by atoms with van der Waals surface area (Å²) >= 11 is 0. The highest BCUT2D eigenvalue weighted by Crippen LogP contribution is 2.20. The molecule has 3 rings (SSSR count). The normalized spacial score (nSPS) is 15.2. The first-order valence-corrected chi connectivity index (χ1v) is 7.75. The molecule has 23 heavy (non-hydrogen) atoms. The van der Waals surface area contributed by atoms with Crippen LogP contribution in [0.2, 0.25) is 0 Å². The zero-order valence-corrected chi connectivity index (χ0v) is 12.9. The van der Waals surface area contributed by atoms with Gasteiger partial charge in [-0.1, -0.05) is 42.5 Å². The van der Waals surface area contributed by atoms with Gasteiger partial charge in [0.2, 0.25) is 5.91 Å². The molecule has 0 saturated carbocycles. The number of nitrogens with zero attached hydrogens (tertiary/aromatic N) is 2. The summed E-state index contributed by atoms with van der Waals surface area (Å²) in [7, 11) is 0. The van der Waals surface area contributed by atoms with Gasteiger partial charge in [0.25, 0.3) is 0 Å². The number of benzene rings is 2. The molecular weight excluding hydrogens is 291 g/mol. The Morgan fingerprint density at radius 1 is 0.913 bits per heavy atom. The fraction of sp³-hybridized carbons (Fsp3) is 0.211. The molecule has 118 valence electrons. The molecule has 0 aromatic heterocycles. The maximum Gasteiger partial charge on any atom is 0.246 e. The molecule has 1 heterocycles. The number of rotatable bonds is 3. The predicted molar refractivity (Wildman–Crippen MR) is 90.7 cm³/mol. The van der Waals surface area contributed by atoms with E-state index in [4.69, 9.17) is 0 Å². The lowest BCUT2D eigenvalue weighted by Gasteiger charge is -2.35. The molecule has 1 amide bonds. The summed E-state index contributed by atoms with van der Waals surface area (Å²) in [6.07, 6.45) is 3.43. The van der Waals surface area contributed by atoms with Crippen LogP contribution in [0, 0.1) is 5.82 Å². The predicted octanol–water partition coefficient (Wildman–Crippen LogP) is 3.19. The third kappa shape index (κ3) is 3.77. The van der Waals surface area contributed by atoms with Crippen molar-refractivity contribution in [3.05, 3.63) is 72.1 Å². The van der Waals surface area contributed by atoms with E-state index in [1.807, 2.05) is 47.4 Å². The van der Waals surface area contributed by atoms with E-state index in [1.54, 1.807) is 23.1 Å². The van der Waals surface area contributed by atoms with Gasteiger partial charge in [0.1, 0.15) is 5.82 Å². The number of piperazine rings is 1. The van der Waals surface area contributed by atoms with Gasteiger partial charge in [-0.25, -0.2) is 4.39 Å². The van der Waals surface area contributed by atoms with Crippen molar-refractivity contribution in [3.63, 3.8) is 0 Å². The lowest BCUT2D eigenvalue weighted by atomic mass is 10.2. The first-order chi connectivity index (χ1) is 11.2. The summed E-state index contributed by atoms with van der Waals surface area (Å²) < 4.78 is 13.8. The van der Waals surface area contributed by atoms with E-state index >= 15 is 0 Å². The van der Waals surface area contributed by atoms with Gasteiger partial charge in [-0.05, 0) is 23.8 Å². The van der Waals surface area contributed by atoms with Crippen molar-refractivity contribution < 1.29 is 9.18 Å². The van der Waals surface area contributed by atoms with Crippen LogP contribution in [0.3, 0.4) is 0 Å². The molecule has 0 unspecified atom stereocenters. The second kappa shape index (κ2) is 7.09. The van der Waals surface area contributed by atoms with Crippen molar-refractivity contribution in [2.45, 2.75) is 0 Å². The van der Waals surface area contributed by atoms with E-state index in [0.717, 1.165) is 5.56 Å². The van der Waals surface area contributed by atoms with Crippen LogP contribution in [0.5, 0.6) is 0 Å². The largest absolute Gasteiger partial charge is 0.366 e. The van der Waals surface area contributed by atoms with Crippen LogP contribution >= 0.6 is 0 Å². The Morgan fingerprint density at radius 3 is 2.26 bits per heavy atom. The molecule has 0 radical (unpaired) electrons.